The number of carbonyl (C=O) groups excluding carboxylic acids is 3. The maximum Gasteiger partial charge on any atom is 0.246 e. The van der Waals surface area contributed by atoms with E-state index in [1.54, 1.807) is 11.9 Å². The first-order valence-corrected chi connectivity index (χ1v) is 12.7. The van der Waals surface area contributed by atoms with E-state index < -0.39 is 29.5 Å². The molecule has 0 aromatic heterocycles. The summed E-state index contributed by atoms with van der Waals surface area (Å²) in [6, 6.07) is 8.32. The van der Waals surface area contributed by atoms with E-state index in [1.807, 2.05) is 30.3 Å². The molecule has 3 amide bonds. The Morgan fingerprint density at radius 3 is 2.56 bits per heavy atom. The summed E-state index contributed by atoms with van der Waals surface area (Å²) < 4.78 is 6.42. The Bertz CT molecular complexity index is 934. The van der Waals surface area contributed by atoms with Crippen LogP contribution in [0.15, 0.2) is 30.3 Å². The van der Waals surface area contributed by atoms with Gasteiger partial charge in [-0.1, -0.05) is 49.6 Å². The number of amides is 3. The lowest BCUT2D eigenvalue weighted by molar-refractivity contribution is -0.146. The highest BCUT2D eigenvalue weighted by Crippen LogP contribution is 2.58. The Morgan fingerprint density at radius 2 is 1.88 bits per heavy atom. The molecule has 1 aromatic rings. The number of nitrogens with one attached hydrogen (secondary N) is 2. The smallest absolute Gasteiger partial charge is 0.246 e. The van der Waals surface area contributed by atoms with Gasteiger partial charge in [0, 0.05) is 13.1 Å². The van der Waals surface area contributed by atoms with Crippen molar-refractivity contribution in [1.29, 1.82) is 0 Å². The Labute approximate surface area is 200 Å². The molecule has 1 aliphatic carbocycles. The second-order valence-corrected chi connectivity index (χ2v) is 10.3. The van der Waals surface area contributed by atoms with Gasteiger partial charge in [-0.05, 0) is 37.7 Å². The quantitative estimate of drug-likeness (QED) is 0.556. The topological polar surface area (TPSA) is 108 Å². The molecular weight excluding hydrogens is 434 g/mol. The van der Waals surface area contributed by atoms with Gasteiger partial charge in [0.15, 0.2) is 0 Å². The first-order chi connectivity index (χ1) is 16.5. The van der Waals surface area contributed by atoms with Crippen LogP contribution in [0.25, 0.3) is 0 Å². The molecule has 4 aliphatic rings. The SMILES string of the molecule is CNC(=O)[C@@H]1[C@H]2C(=O)N([C@@H](CO)Cc3ccccc3)C(C(=O)NC3CCCCC3)C23CC[C@H]1O3. The van der Waals surface area contributed by atoms with E-state index in [1.165, 1.54) is 6.42 Å². The highest BCUT2D eigenvalue weighted by atomic mass is 16.5. The van der Waals surface area contributed by atoms with Crippen molar-refractivity contribution < 1.29 is 24.2 Å². The summed E-state index contributed by atoms with van der Waals surface area (Å²) >= 11 is 0. The van der Waals surface area contributed by atoms with Crippen LogP contribution in [-0.2, 0) is 25.5 Å². The largest absolute Gasteiger partial charge is 0.394 e. The molecule has 3 aliphatic heterocycles. The van der Waals surface area contributed by atoms with Crippen molar-refractivity contribution in [3.05, 3.63) is 35.9 Å². The number of benzene rings is 1. The maximum absolute atomic E-state index is 14.0. The van der Waals surface area contributed by atoms with Crippen LogP contribution in [0, 0.1) is 11.8 Å². The van der Waals surface area contributed by atoms with Gasteiger partial charge in [0.05, 0.1) is 30.6 Å². The van der Waals surface area contributed by atoms with Gasteiger partial charge < -0.3 is 25.4 Å². The van der Waals surface area contributed by atoms with Gasteiger partial charge in [-0.2, -0.15) is 0 Å². The van der Waals surface area contributed by atoms with Gasteiger partial charge in [-0.25, -0.2) is 0 Å². The number of carbonyl (C=O) groups is 3. The number of rotatable bonds is 7. The van der Waals surface area contributed by atoms with Crippen molar-refractivity contribution >= 4 is 17.7 Å². The zero-order chi connectivity index (χ0) is 23.9. The van der Waals surface area contributed by atoms with Crippen LogP contribution < -0.4 is 10.6 Å². The number of likely N-dealkylation sites (tertiary alicyclic amines) is 1. The number of aliphatic hydroxyl groups is 1. The van der Waals surface area contributed by atoms with Gasteiger partial charge >= 0.3 is 0 Å². The van der Waals surface area contributed by atoms with E-state index in [9.17, 15) is 19.5 Å². The molecule has 34 heavy (non-hydrogen) atoms. The standard InChI is InChI=1S/C26H35N3O5/c1-27-23(31)20-19-12-13-26(34-19)21(20)25(33)29(18(15-30)14-16-8-4-2-5-9-16)22(26)24(32)28-17-10-6-3-7-11-17/h2,4-5,8-9,17-22,30H,3,6-7,10-15H2,1H3,(H,27,31)(H,28,32)/t18-,19-,20+,21+,22?,26?/m1/s1. The summed E-state index contributed by atoms with van der Waals surface area (Å²) in [7, 11) is 1.57. The first-order valence-electron chi connectivity index (χ1n) is 12.7. The number of ether oxygens (including phenoxy) is 1. The average molecular weight is 470 g/mol. The van der Waals surface area contributed by atoms with Crippen LogP contribution in [-0.4, -0.2) is 71.2 Å². The molecule has 8 heteroatoms. The van der Waals surface area contributed by atoms with Gasteiger partial charge in [0.2, 0.25) is 17.7 Å². The minimum absolute atomic E-state index is 0.0868. The van der Waals surface area contributed by atoms with Gasteiger partial charge in [-0.3, -0.25) is 14.4 Å². The fourth-order valence-corrected chi connectivity index (χ4v) is 6.91. The van der Waals surface area contributed by atoms with Crippen molar-refractivity contribution in [3.63, 3.8) is 0 Å². The minimum atomic E-state index is -1.03. The molecule has 1 saturated carbocycles. The Kier molecular flexibility index (Phi) is 6.37. The number of aliphatic hydroxyl groups excluding tert-OH is 1. The summed E-state index contributed by atoms with van der Waals surface area (Å²) in [6.45, 7) is -0.273. The molecule has 184 valence electrons. The molecule has 3 N–H and O–H groups in total. The van der Waals surface area contributed by atoms with Crippen LogP contribution in [0.1, 0.15) is 50.5 Å². The maximum atomic E-state index is 14.0. The monoisotopic (exact) mass is 469 g/mol. The number of hydrogen-bond acceptors (Lipinski definition) is 5. The second kappa shape index (κ2) is 9.30. The molecule has 3 saturated heterocycles. The van der Waals surface area contributed by atoms with Crippen molar-refractivity contribution in [2.75, 3.05) is 13.7 Å². The minimum Gasteiger partial charge on any atom is -0.394 e. The van der Waals surface area contributed by atoms with Crippen molar-refractivity contribution in [3.8, 4) is 0 Å². The number of fused-ring (bicyclic) bond motifs is 1. The lowest BCUT2D eigenvalue weighted by atomic mass is 9.70. The molecule has 1 spiro atoms. The second-order valence-electron chi connectivity index (χ2n) is 10.3. The van der Waals surface area contributed by atoms with Crippen LogP contribution in [0.4, 0.5) is 0 Å². The van der Waals surface area contributed by atoms with Crippen LogP contribution >= 0.6 is 0 Å². The van der Waals surface area contributed by atoms with Gasteiger partial charge in [0.25, 0.3) is 0 Å². The van der Waals surface area contributed by atoms with E-state index in [0.29, 0.717) is 19.3 Å². The zero-order valence-electron chi connectivity index (χ0n) is 19.7. The summed E-state index contributed by atoms with van der Waals surface area (Å²) in [5.74, 6) is -2.01. The van der Waals surface area contributed by atoms with E-state index in [4.69, 9.17) is 4.74 Å². The van der Waals surface area contributed by atoms with Crippen molar-refractivity contribution in [2.24, 2.45) is 11.8 Å². The molecule has 6 atom stereocenters. The summed E-state index contributed by atoms with van der Waals surface area (Å²) in [5.41, 5.74) is -0.0506. The normalized spacial score (nSPS) is 33.6. The molecule has 1 aromatic carbocycles. The molecule has 5 rings (SSSR count). The van der Waals surface area contributed by atoms with Crippen molar-refractivity contribution in [1.82, 2.24) is 15.5 Å². The lowest BCUT2D eigenvalue weighted by Gasteiger charge is -2.38. The molecule has 0 radical (unpaired) electrons. The Morgan fingerprint density at radius 1 is 1.15 bits per heavy atom. The lowest BCUT2D eigenvalue weighted by Crippen LogP contribution is -2.59. The highest BCUT2D eigenvalue weighted by molar-refractivity contribution is 5.99. The van der Waals surface area contributed by atoms with E-state index in [2.05, 4.69) is 10.6 Å². The third kappa shape index (κ3) is 3.71. The molecular formula is C26H35N3O5. The average Bonchev–Trinajstić information content (AvgIpc) is 3.50. The molecule has 4 fully saturated rings. The van der Waals surface area contributed by atoms with Gasteiger partial charge in [-0.15, -0.1) is 0 Å². The molecule has 3 heterocycles. The number of hydrogen-bond donors (Lipinski definition) is 3. The van der Waals surface area contributed by atoms with Gasteiger partial charge in [0.1, 0.15) is 11.6 Å². The Hall–Kier alpha value is -2.45. The van der Waals surface area contributed by atoms with E-state index in [0.717, 1.165) is 31.2 Å². The third-order valence-electron chi connectivity index (χ3n) is 8.41. The molecule has 2 bridgehead atoms. The van der Waals surface area contributed by atoms with E-state index in [-0.39, 0.29) is 36.5 Å². The zero-order valence-corrected chi connectivity index (χ0v) is 19.7. The molecule has 2 unspecified atom stereocenters. The highest BCUT2D eigenvalue weighted by Gasteiger charge is 2.75. The van der Waals surface area contributed by atoms with Crippen LogP contribution in [0.3, 0.4) is 0 Å². The predicted molar refractivity (Wildman–Crippen MR) is 125 cm³/mol. The fourth-order valence-electron chi connectivity index (χ4n) is 6.91. The third-order valence-corrected chi connectivity index (χ3v) is 8.41. The van der Waals surface area contributed by atoms with Crippen LogP contribution in [0.2, 0.25) is 0 Å². The summed E-state index contributed by atoms with van der Waals surface area (Å²) in [5, 5.41) is 16.3. The Balaban J connectivity index is 1.50. The summed E-state index contributed by atoms with van der Waals surface area (Å²) in [6.07, 6.45) is 6.47. The fraction of sp³-hybridized carbons (Fsp3) is 0.654. The van der Waals surface area contributed by atoms with E-state index >= 15 is 0 Å². The first kappa shape index (κ1) is 23.3. The van der Waals surface area contributed by atoms with Crippen molar-refractivity contribution in [2.45, 2.75) is 81.2 Å². The number of nitrogens with zero attached hydrogens (tertiary/aromatic N) is 1. The van der Waals surface area contributed by atoms with Crippen LogP contribution in [0.5, 0.6) is 0 Å². The molecule has 8 nitrogen and oxygen atoms in total. The summed E-state index contributed by atoms with van der Waals surface area (Å²) in [4.78, 5) is 42.2. The predicted octanol–water partition coefficient (Wildman–Crippen LogP) is 1.16.